The monoisotopic (exact) mass is 604 g/mol. The number of hydrogen-bond donors (Lipinski definition) is 0. The van der Waals surface area contributed by atoms with Crippen molar-refractivity contribution in [3.63, 3.8) is 0 Å². The molecule has 9 rings (SSSR count). The second-order valence-corrected chi connectivity index (χ2v) is 11.6. The van der Waals surface area contributed by atoms with Crippen molar-refractivity contribution in [3.05, 3.63) is 170 Å². The third-order valence-electron chi connectivity index (χ3n) is 8.69. The van der Waals surface area contributed by atoms with E-state index in [0.717, 1.165) is 55.6 Å². The highest BCUT2D eigenvalue weighted by atomic mass is 16.4. The number of fused-ring (bicyclic) bond motifs is 4. The maximum absolute atomic E-state index is 6.45. The van der Waals surface area contributed by atoms with Crippen LogP contribution in [0.15, 0.2) is 179 Å². The minimum atomic E-state index is 0.595. The molecule has 0 bridgehead atoms. The van der Waals surface area contributed by atoms with E-state index in [1.54, 1.807) is 0 Å². The zero-order valence-corrected chi connectivity index (χ0v) is 25.4. The molecule has 0 saturated heterocycles. The van der Waals surface area contributed by atoms with E-state index in [4.69, 9.17) is 13.8 Å². The summed E-state index contributed by atoms with van der Waals surface area (Å²) in [5.74, 6) is 0.595. The lowest BCUT2D eigenvalue weighted by Crippen LogP contribution is -2.10. The quantitative estimate of drug-likeness (QED) is 0.189. The molecule has 0 aliphatic carbocycles. The van der Waals surface area contributed by atoms with Crippen LogP contribution in [0.4, 0.5) is 17.1 Å². The molecule has 4 heteroatoms. The molecule has 47 heavy (non-hydrogen) atoms. The lowest BCUT2D eigenvalue weighted by atomic mass is 9.99. The van der Waals surface area contributed by atoms with Crippen molar-refractivity contribution in [2.75, 3.05) is 4.90 Å². The molecule has 0 spiro atoms. The molecule has 0 atom stereocenters. The van der Waals surface area contributed by atoms with Crippen molar-refractivity contribution in [1.29, 1.82) is 0 Å². The lowest BCUT2D eigenvalue weighted by Gasteiger charge is -2.26. The van der Waals surface area contributed by atoms with Crippen molar-refractivity contribution in [3.8, 4) is 33.7 Å². The molecule has 0 aliphatic heterocycles. The molecule has 0 N–H and O–H groups in total. The first-order valence-corrected chi connectivity index (χ1v) is 15.7. The van der Waals surface area contributed by atoms with E-state index < -0.39 is 0 Å². The molecule has 0 unspecified atom stereocenters. The van der Waals surface area contributed by atoms with Crippen LogP contribution in [-0.4, -0.2) is 4.98 Å². The predicted molar refractivity (Wildman–Crippen MR) is 192 cm³/mol. The molecule has 0 saturated carbocycles. The first-order valence-electron chi connectivity index (χ1n) is 15.7. The smallest absolute Gasteiger partial charge is 0.227 e. The standard InChI is InChI=1S/C43H28N2O2/c1-4-12-29(13-5-1)32-16-10-17-33(26-32)30-22-24-35(25-23-30)45(34-18-8-3-9-19-34)38-20-11-21-39-42(38)36-27-37-41(28-40(36)46-39)47-43(44-37)31-14-6-2-7-15-31/h1-28H. The van der Waals surface area contributed by atoms with Crippen LogP contribution in [0.3, 0.4) is 0 Å². The van der Waals surface area contributed by atoms with E-state index in [-0.39, 0.29) is 0 Å². The third-order valence-corrected chi connectivity index (χ3v) is 8.69. The first-order chi connectivity index (χ1) is 23.3. The molecule has 0 radical (unpaired) electrons. The molecule has 2 heterocycles. The molecule has 2 aromatic heterocycles. The Morgan fingerprint density at radius 2 is 1.00 bits per heavy atom. The first kappa shape index (κ1) is 27.0. The summed E-state index contributed by atoms with van der Waals surface area (Å²) in [6.07, 6.45) is 0. The second-order valence-electron chi connectivity index (χ2n) is 11.6. The Morgan fingerprint density at radius 3 is 1.72 bits per heavy atom. The second kappa shape index (κ2) is 11.2. The average Bonchev–Trinajstić information content (AvgIpc) is 3.73. The fourth-order valence-corrected chi connectivity index (χ4v) is 6.44. The van der Waals surface area contributed by atoms with E-state index >= 15 is 0 Å². The molecule has 0 amide bonds. The minimum absolute atomic E-state index is 0.595. The number of hydrogen-bond acceptors (Lipinski definition) is 4. The van der Waals surface area contributed by atoms with Gasteiger partial charge in [0.25, 0.3) is 0 Å². The Labute approximate surface area is 271 Å². The highest BCUT2D eigenvalue weighted by molar-refractivity contribution is 6.15. The van der Waals surface area contributed by atoms with Gasteiger partial charge in [-0.25, -0.2) is 4.98 Å². The van der Waals surface area contributed by atoms with Crippen LogP contribution in [0.2, 0.25) is 0 Å². The number of benzene rings is 7. The van der Waals surface area contributed by atoms with Crippen molar-refractivity contribution < 1.29 is 8.83 Å². The summed E-state index contributed by atoms with van der Waals surface area (Å²) in [6, 6.07) is 58.7. The van der Waals surface area contributed by atoms with E-state index in [2.05, 4.69) is 120 Å². The summed E-state index contributed by atoms with van der Waals surface area (Å²) < 4.78 is 12.6. The molecule has 0 aliphatic rings. The maximum atomic E-state index is 6.45. The van der Waals surface area contributed by atoms with Gasteiger partial charge >= 0.3 is 0 Å². The van der Waals surface area contributed by atoms with Gasteiger partial charge in [0.1, 0.15) is 16.7 Å². The molecular formula is C43H28N2O2. The Balaban J connectivity index is 1.17. The Morgan fingerprint density at radius 1 is 0.404 bits per heavy atom. The lowest BCUT2D eigenvalue weighted by molar-refractivity contribution is 0.617. The number of anilines is 3. The van der Waals surface area contributed by atoms with Gasteiger partial charge in [0.15, 0.2) is 5.58 Å². The zero-order chi connectivity index (χ0) is 31.2. The SMILES string of the molecule is c1ccc(-c2cccc(-c3ccc(N(c4ccccc4)c4cccc5oc6cc7oc(-c8ccccc8)nc7cc6c45)cc3)c2)cc1. The third kappa shape index (κ3) is 4.84. The van der Waals surface area contributed by atoms with Gasteiger partial charge in [0.2, 0.25) is 5.89 Å². The molecule has 0 fully saturated rings. The van der Waals surface area contributed by atoms with E-state index in [0.29, 0.717) is 11.5 Å². The van der Waals surface area contributed by atoms with Gasteiger partial charge in [-0.05, 0) is 82.9 Å². The predicted octanol–water partition coefficient (Wildman–Crippen LogP) is 12.2. The fraction of sp³-hybridized carbons (Fsp3) is 0. The zero-order valence-electron chi connectivity index (χ0n) is 25.4. The number of rotatable bonds is 6. The van der Waals surface area contributed by atoms with Gasteiger partial charge < -0.3 is 13.7 Å². The molecule has 9 aromatic rings. The summed E-state index contributed by atoms with van der Waals surface area (Å²) in [4.78, 5) is 7.15. The van der Waals surface area contributed by atoms with E-state index in [9.17, 15) is 0 Å². The summed E-state index contributed by atoms with van der Waals surface area (Å²) in [5, 5.41) is 2.02. The van der Waals surface area contributed by atoms with Gasteiger partial charge in [-0.2, -0.15) is 0 Å². The average molecular weight is 605 g/mol. The highest BCUT2D eigenvalue weighted by Crippen LogP contribution is 2.44. The van der Waals surface area contributed by atoms with Crippen LogP contribution in [-0.2, 0) is 0 Å². The van der Waals surface area contributed by atoms with Crippen LogP contribution < -0.4 is 4.90 Å². The minimum Gasteiger partial charge on any atom is -0.456 e. The van der Waals surface area contributed by atoms with Crippen molar-refractivity contribution in [1.82, 2.24) is 4.98 Å². The molecule has 4 nitrogen and oxygen atoms in total. The van der Waals surface area contributed by atoms with E-state index in [1.165, 1.54) is 16.7 Å². The van der Waals surface area contributed by atoms with Crippen molar-refractivity contribution in [2.24, 2.45) is 0 Å². The van der Waals surface area contributed by atoms with Gasteiger partial charge in [0, 0.05) is 28.4 Å². The Hall–Kier alpha value is -6.39. The van der Waals surface area contributed by atoms with Crippen LogP contribution in [0, 0.1) is 0 Å². The Kier molecular flexibility index (Phi) is 6.43. The summed E-state index contributed by atoms with van der Waals surface area (Å²) in [6.45, 7) is 0. The maximum Gasteiger partial charge on any atom is 0.227 e. The number of para-hydroxylation sites is 1. The largest absolute Gasteiger partial charge is 0.456 e. The van der Waals surface area contributed by atoms with Crippen LogP contribution in [0.1, 0.15) is 0 Å². The topological polar surface area (TPSA) is 42.4 Å². The van der Waals surface area contributed by atoms with Gasteiger partial charge in [-0.1, -0.05) is 103 Å². The van der Waals surface area contributed by atoms with Crippen molar-refractivity contribution >= 4 is 50.1 Å². The fourth-order valence-electron chi connectivity index (χ4n) is 6.44. The molecule has 222 valence electrons. The van der Waals surface area contributed by atoms with Crippen molar-refractivity contribution in [2.45, 2.75) is 0 Å². The highest BCUT2D eigenvalue weighted by Gasteiger charge is 2.21. The van der Waals surface area contributed by atoms with Gasteiger partial charge in [-0.3, -0.25) is 0 Å². The van der Waals surface area contributed by atoms with Gasteiger partial charge in [-0.15, -0.1) is 0 Å². The van der Waals surface area contributed by atoms with Crippen LogP contribution in [0.25, 0.3) is 66.7 Å². The number of aromatic nitrogens is 1. The summed E-state index contributed by atoms with van der Waals surface area (Å²) in [5.41, 5.74) is 11.9. The number of nitrogens with zero attached hydrogens (tertiary/aromatic N) is 2. The normalized spacial score (nSPS) is 11.4. The number of furan rings is 1. The Bertz CT molecular complexity index is 2500. The summed E-state index contributed by atoms with van der Waals surface area (Å²) >= 11 is 0. The van der Waals surface area contributed by atoms with E-state index in [1.807, 2.05) is 54.6 Å². The number of oxazole rings is 1. The molecule has 7 aromatic carbocycles. The van der Waals surface area contributed by atoms with Crippen LogP contribution >= 0.6 is 0 Å². The van der Waals surface area contributed by atoms with Gasteiger partial charge in [0.05, 0.1) is 11.1 Å². The van der Waals surface area contributed by atoms with Crippen LogP contribution in [0.5, 0.6) is 0 Å². The summed E-state index contributed by atoms with van der Waals surface area (Å²) in [7, 11) is 0. The molecular weight excluding hydrogens is 576 g/mol.